The standard InChI is InChI=1S/C28H31N3O2S2/c1-3-5-22-12-13-24(34-22)25-14-15-26(35-25)27(33)20-10-8-19(9-11-20)23(31-28(29)30-2)17-18-6-4-7-21(32)16-18/h4,6-7,12-16,19-20,23,32H,8-11,17H2,1-2H3,(H3,29,30,31)/t19?,20?,23-/m1/s1. The van der Waals surface area contributed by atoms with Crippen molar-refractivity contribution in [3.05, 3.63) is 63.8 Å². The summed E-state index contributed by atoms with van der Waals surface area (Å²) in [7, 11) is 1.67. The average molecular weight is 506 g/mol. The lowest BCUT2D eigenvalue weighted by molar-refractivity contribution is 0.0867. The van der Waals surface area contributed by atoms with Crippen LogP contribution in [-0.4, -0.2) is 29.9 Å². The number of thiophene rings is 2. The molecule has 2 aromatic heterocycles. The van der Waals surface area contributed by atoms with E-state index in [1.807, 2.05) is 31.2 Å². The first-order valence-corrected chi connectivity index (χ1v) is 13.5. The van der Waals surface area contributed by atoms with Gasteiger partial charge in [-0.15, -0.1) is 28.6 Å². The number of rotatable bonds is 7. The Kier molecular flexibility index (Phi) is 8.27. The maximum Gasteiger partial charge on any atom is 0.188 e. The van der Waals surface area contributed by atoms with Crippen LogP contribution < -0.4 is 11.1 Å². The number of guanidine groups is 1. The molecule has 1 saturated carbocycles. The topological polar surface area (TPSA) is 87.7 Å². The molecule has 7 heteroatoms. The van der Waals surface area contributed by atoms with Gasteiger partial charge in [0.05, 0.1) is 9.75 Å². The summed E-state index contributed by atoms with van der Waals surface area (Å²) in [5.41, 5.74) is 7.07. The van der Waals surface area contributed by atoms with Gasteiger partial charge in [-0.25, -0.2) is 0 Å². The number of carbonyl (C=O) groups excluding carboxylic acids is 1. The summed E-state index contributed by atoms with van der Waals surface area (Å²) >= 11 is 3.25. The molecule has 4 rings (SSSR count). The van der Waals surface area contributed by atoms with Gasteiger partial charge in [0.15, 0.2) is 11.7 Å². The van der Waals surface area contributed by atoms with E-state index in [-0.39, 0.29) is 23.5 Å². The highest BCUT2D eigenvalue weighted by Crippen LogP contribution is 2.38. The SMILES string of the molecule is CC#Cc1ccc(-c2ccc(C(=O)C3CCC([C@@H](Cc4cccc(O)c4)NC(N)=NC)CC3)s2)s1. The average Bonchev–Trinajstić information content (AvgIpc) is 3.53. The number of phenols is 1. The van der Waals surface area contributed by atoms with Crippen molar-refractivity contribution in [1.29, 1.82) is 0 Å². The van der Waals surface area contributed by atoms with Gasteiger partial charge in [-0.1, -0.05) is 18.1 Å². The van der Waals surface area contributed by atoms with Crippen LogP contribution in [0.5, 0.6) is 5.75 Å². The van der Waals surface area contributed by atoms with E-state index in [0.717, 1.165) is 57.2 Å². The summed E-state index contributed by atoms with van der Waals surface area (Å²) < 4.78 is 0. The van der Waals surface area contributed by atoms with Crippen molar-refractivity contribution in [2.45, 2.75) is 45.1 Å². The maximum atomic E-state index is 13.3. The summed E-state index contributed by atoms with van der Waals surface area (Å²) in [6.45, 7) is 1.84. The molecule has 1 fully saturated rings. The molecule has 0 spiro atoms. The minimum atomic E-state index is 0.0567. The van der Waals surface area contributed by atoms with Crippen molar-refractivity contribution < 1.29 is 9.90 Å². The number of nitrogens with two attached hydrogens (primary N) is 1. The summed E-state index contributed by atoms with van der Waals surface area (Å²) in [6.07, 6.45) is 4.38. The van der Waals surface area contributed by atoms with Gasteiger partial charge in [-0.05, 0) is 86.9 Å². The van der Waals surface area contributed by atoms with Crippen LogP contribution in [0.4, 0.5) is 0 Å². The third-order valence-corrected chi connectivity index (χ3v) is 8.89. The van der Waals surface area contributed by atoms with E-state index in [2.05, 4.69) is 34.3 Å². The number of ketones is 1. The Morgan fingerprint density at radius 3 is 2.60 bits per heavy atom. The molecule has 182 valence electrons. The van der Waals surface area contributed by atoms with Gasteiger partial charge in [-0.2, -0.15) is 0 Å². The summed E-state index contributed by atoms with van der Waals surface area (Å²) in [5.74, 6) is 7.41. The minimum Gasteiger partial charge on any atom is -0.508 e. The molecule has 0 aliphatic heterocycles. The Morgan fingerprint density at radius 1 is 1.14 bits per heavy atom. The van der Waals surface area contributed by atoms with Gasteiger partial charge in [0.25, 0.3) is 0 Å². The fourth-order valence-electron chi connectivity index (χ4n) is 4.78. The predicted octanol–water partition coefficient (Wildman–Crippen LogP) is 5.69. The minimum absolute atomic E-state index is 0.0567. The molecule has 1 aliphatic carbocycles. The Bertz CT molecular complexity index is 1260. The monoisotopic (exact) mass is 505 g/mol. The Labute approximate surface area is 215 Å². The molecule has 0 bridgehead atoms. The third kappa shape index (κ3) is 6.33. The van der Waals surface area contributed by atoms with E-state index in [4.69, 9.17) is 5.73 Å². The number of aromatic hydroxyl groups is 1. The van der Waals surface area contributed by atoms with Gasteiger partial charge >= 0.3 is 0 Å². The number of phenolic OH excluding ortho intramolecular Hbond substituents is 1. The molecular formula is C28H31N3O2S2. The summed E-state index contributed by atoms with van der Waals surface area (Å²) in [6, 6.07) is 15.6. The molecule has 0 amide bonds. The molecule has 0 radical (unpaired) electrons. The largest absolute Gasteiger partial charge is 0.508 e. The third-order valence-electron chi connectivity index (χ3n) is 6.60. The van der Waals surface area contributed by atoms with E-state index >= 15 is 0 Å². The molecule has 2 heterocycles. The molecule has 1 aromatic carbocycles. The summed E-state index contributed by atoms with van der Waals surface area (Å²) in [5, 5.41) is 13.2. The predicted molar refractivity (Wildman–Crippen MR) is 146 cm³/mol. The Balaban J connectivity index is 1.40. The van der Waals surface area contributed by atoms with E-state index in [1.54, 1.807) is 41.9 Å². The highest BCUT2D eigenvalue weighted by molar-refractivity contribution is 7.23. The lowest BCUT2D eigenvalue weighted by atomic mass is 9.75. The second kappa shape index (κ2) is 11.6. The first kappa shape index (κ1) is 25.0. The van der Waals surface area contributed by atoms with Crippen LogP contribution in [0.25, 0.3) is 9.75 Å². The number of nitrogens with one attached hydrogen (secondary N) is 1. The van der Waals surface area contributed by atoms with Crippen molar-refractivity contribution in [2.24, 2.45) is 22.6 Å². The highest BCUT2D eigenvalue weighted by Gasteiger charge is 2.32. The molecular weight excluding hydrogens is 474 g/mol. The van der Waals surface area contributed by atoms with Crippen LogP contribution >= 0.6 is 22.7 Å². The van der Waals surface area contributed by atoms with Crippen molar-refractivity contribution in [3.63, 3.8) is 0 Å². The number of Topliss-reactive ketones (excluding diaryl/α,β-unsaturated/α-hetero) is 1. The molecule has 0 saturated heterocycles. The molecule has 0 unspecified atom stereocenters. The number of aliphatic imine (C=N–C) groups is 1. The normalized spacial score (nSPS) is 19.0. The Hall–Kier alpha value is -3.08. The van der Waals surface area contributed by atoms with Crippen LogP contribution in [0, 0.1) is 23.7 Å². The molecule has 1 atom stereocenters. The van der Waals surface area contributed by atoms with Crippen molar-refractivity contribution in [2.75, 3.05) is 7.05 Å². The first-order valence-electron chi connectivity index (χ1n) is 11.9. The number of nitrogens with zero attached hydrogens (tertiary/aromatic N) is 1. The van der Waals surface area contributed by atoms with Crippen LogP contribution in [0.1, 0.15) is 52.7 Å². The lowest BCUT2D eigenvalue weighted by Gasteiger charge is -2.34. The van der Waals surface area contributed by atoms with E-state index in [9.17, 15) is 9.90 Å². The van der Waals surface area contributed by atoms with Crippen LogP contribution in [0.15, 0.2) is 53.5 Å². The first-order chi connectivity index (χ1) is 17.0. The van der Waals surface area contributed by atoms with Crippen molar-refractivity contribution in [1.82, 2.24) is 5.32 Å². The molecule has 1 aliphatic rings. The lowest BCUT2D eigenvalue weighted by Crippen LogP contribution is -2.46. The van der Waals surface area contributed by atoms with Crippen LogP contribution in [0.2, 0.25) is 0 Å². The van der Waals surface area contributed by atoms with Gasteiger partial charge < -0.3 is 16.2 Å². The van der Waals surface area contributed by atoms with Gasteiger partial charge in [0.1, 0.15) is 5.75 Å². The summed E-state index contributed by atoms with van der Waals surface area (Å²) in [4.78, 5) is 21.5. The number of carbonyl (C=O) groups is 1. The molecule has 5 nitrogen and oxygen atoms in total. The van der Waals surface area contributed by atoms with Crippen molar-refractivity contribution in [3.8, 4) is 27.3 Å². The number of benzene rings is 1. The molecule has 3 aromatic rings. The molecule has 35 heavy (non-hydrogen) atoms. The van der Waals surface area contributed by atoms with Gasteiger partial charge in [-0.3, -0.25) is 9.79 Å². The zero-order chi connectivity index (χ0) is 24.8. The van der Waals surface area contributed by atoms with Gasteiger partial charge in [0.2, 0.25) is 0 Å². The smallest absolute Gasteiger partial charge is 0.188 e. The molecule has 4 N–H and O–H groups in total. The van der Waals surface area contributed by atoms with Crippen LogP contribution in [0.3, 0.4) is 0 Å². The quantitative estimate of drug-likeness (QED) is 0.167. The maximum absolute atomic E-state index is 13.3. The second-order valence-electron chi connectivity index (χ2n) is 8.91. The highest BCUT2D eigenvalue weighted by atomic mass is 32.1. The Morgan fingerprint density at radius 2 is 1.89 bits per heavy atom. The second-order valence-corrected chi connectivity index (χ2v) is 11.1. The van der Waals surface area contributed by atoms with Crippen molar-refractivity contribution >= 4 is 34.4 Å². The van der Waals surface area contributed by atoms with E-state index in [1.165, 1.54) is 0 Å². The van der Waals surface area contributed by atoms with E-state index in [0.29, 0.717) is 11.9 Å². The fraction of sp³-hybridized carbons (Fsp3) is 0.357. The van der Waals surface area contributed by atoms with Gasteiger partial charge in [0, 0.05) is 28.8 Å². The zero-order valence-corrected chi connectivity index (χ0v) is 21.7. The zero-order valence-electron chi connectivity index (χ0n) is 20.1. The van der Waals surface area contributed by atoms with E-state index < -0.39 is 0 Å². The number of hydrogen-bond acceptors (Lipinski definition) is 5. The van der Waals surface area contributed by atoms with Crippen LogP contribution in [-0.2, 0) is 6.42 Å². The fourth-order valence-corrected chi connectivity index (χ4v) is 6.80. The number of hydrogen-bond donors (Lipinski definition) is 3.